The number of anilines is 2. The molecule has 2 amide bonds. The van der Waals surface area contributed by atoms with Crippen LogP contribution in [-0.4, -0.2) is 17.7 Å². The molecule has 0 unspecified atom stereocenters. The van der Waals surface area contributed by atoms with Gasteiger partial charge in [0.05, 0.1) is 10.7 Å². The molecule has 0 heterocycles. The Balaban J connectivity index is 2.66. The number of halogens is 2. The first-order valence-corrected chi connectivity index (χ1v) is 6.37. The minimum Gasteiger partial charge on any atom is -0.326 e. The van der Waals surface area contributed by atoms with Crippen molar-refractivity contribution in [1.82, 2.24) is 0 Å². The van der Waals surface area contributed by atoms with E-state index in [9.17, 15) is 9.59 Å². The van der Waals surface area contributed by atoms with Crippen LogP contribution in [0.5, 0.6) is 0 Å². The summed E-state index contributed by atoms with van der Waals surface area (Å²) in [7, 11) is 0. The second-order valence-corrected chi connectivity index (χ2v) is 4.50. The fourth-order valence-electron chi connectivity index (χ4n) is 1.33. The van der Waals surface area contributed by atoms with E-state index in [-0.39, 0.29) is 11.8 Å². The summed E-state index contributed by atoms with van der Waals surface area (Å²) < 4.78 is 0. The van der Waals surface area contributed by atoms with E-state index in [0.717, 1.165) is 0 Å². The van der Waals surface area contributed by atoms with Crippen molar-refractivity contribution in [2.45, 2.75) is 19.8 Å². The summed E-state index contributed by atoms with van der Waals surface area (Å²) in [5.74, 6) is 0.144. The first kappa shape index (κ1) is 14.8. The van der Waals surface area contributed by atoms with E-state index in [1.165, 1.54) is 6.92 Å². The number of hydrogen-bond donors (Lipinski definition) is 2. The Hall–Kier alpha value is -1.26. The molecule has 4 nitrogen and oxygen atoms in total. The number of hydrogen-bond acceptors (Lipinski definition) is 2. The van der Waals surface area contributed by atoms with E-state index in [0.29, 0.717) is 35.1 Å². The summed E-state index contributed by atoms with van der Waals surface area (Å²) >= 11 is 11.5. The topological polar surface area (TPSA) is 58.2 Å². The van der Waals surface area contributed by atoms with Crippen LogP contribution in [0, 0.1) is 0 Å². The molecule has 0 spiro atoms. The molecule has 2 N–H and O–H groups in total. The van der Waals surface area contributed by atoms with Gasteiger partial charge in [-0.15, -0.1) is 11.6 Å². The molecule has 0 fully saturated rings. The first-order chi connectivity index (χ1) is 8.52. The number of alkyl halides is 1. The molecule has 0 atom stereocenters. The minimum absolute atomic E-state index is 0.112. The maximum Gasteiger partial charge on any atom is 0.224 e. The van der Waals surface area contributed by atoms with E-state index in [1.807, 2.05) is 0 Å². The monoisotopic (exact) mass is 288 g/mol. The predicted molar refractivity (Wildman–Crippen MR) is 74.3 cm³/mol. The van der Waals surface area contributed by atoms with Crippen molar-refractivity contribution in [2.24, 2.45) is 0 Å². The normalized spacial score (nSPS) is 9.94. The Morgan fingerprint density at radius 2 is 2.00 bits per heavy atom. The molecule has 0 bridgehead atoms. The SMILES string of the molecule is CC(=O)Nc1ccc(NC(=O)CCCCl)cc1Cl. The Morgan fingerprint density at radius 3 is 2.56 bits per heavy atom. The third kappa shape index (κ3) is 4.94. The zero-order chi connectivity index (χ0) is 13.5. The summed E-state index contributed by atoms with van der Waals surface area (Å²) in [4.78, 5) is 22.4. The second-order valence-electron chi connectivity index (χ2n) is 3.72. The predicted octanol–water partition coefficient (Wildman–Crippen LogP) is 3.26. The van der Waals surface area contributed by atoms with Gasteiger partial charge in [-0.1, -0.05) is 11.6 Å². The van der Waals surface area contributed by atoms with Gasteiger partial charge in [-0.05, 0) is 24.6 Å². The molecule has 0 aliphatic heterocycles. The Morgan fingerprint density at radius 1 is 1.28 bits per heavy atom. The van der Waals surface area contributed by atoms with Crippen LogP contribution in [-0.2, 0) is 9.59 Å². The number of amides is 2. The summed E-state index contributed by atoms with van der Waals surface area (Å²) in [5, 5.41) is 5.67. The molecule has 98 valence electrons. The molecule has 0 saturated heterocycles. The van der Waals surface area contributed by atoms with Crippen molar-refractivity contribution in [1.29, 1.82) is 0 Å². The van der Waals surface area contributed by atoms with Gasteiger partial charge in [-0.3, -0.25) is 9.59 Å². The van der Waals surface area contributed by atoms with Crippen molar-refractivity contribution in [3.8, 4) is 0 Å². The lowest BCUT2D eigenvalue weighted by molar-refractivity contribution is -0.116. The second kappa shape index (κ2) is 7.24. The van der Waals surface area contributed by atoms with Gasteiger partial charge in [0.1, 0.15) is 0 Å². The molecule has 6 heteroatoms. The standard InChI is InChI=1S/C12H14Cl2N2O2/c1-8(17)15-11-5-4-9(7-10(11)14)16-12(18)3-2-6-13/h4-5,7H,2-3,6H2,1H3,(H,15,17)(H,16,18). The van der Waals surface area contributed by atoms with Crippen molar-refractivity contribution in [3.63, 3.8) is 0 Å². The van der Waals surface area contributed by atoms with Crippen LogP contribution in [0.4, 0.5) is 11.4 Å². The maximum atomic E-state index is 11.5. The molecule has 0 aliphatic carbocycles. The molecule has 0 aromatic heterocycles. The van der Waals surface area contributed by atoms with Gasteiger partial charge in [0, 0.05) is 24.9 Å². The number of carbonyl (C=O) groups is 2. The van der Waals surface area contributed by atoms with E-state index >= 15 is 0 Å². The molecular formula is C12H14Cl2N2O2. The van der Waals surface area contributed by atoms with Crippen LogP contribution >= 0.6 is 23.2 Å². The average molecular weight is 289 g/mol. The molecule has 0 aliphatic rings. The summed E-state index contributed by atoms with van der Waals surface area (Å²) in [5.41, 5.74) is 1.11. The molecule has 18 heavy (non-hydrogen) atoms. The first-order valence-electron chi connectivity index (χ1n) is 5.46. The smallest absolute Gasteiger partial charge is 0.224 e. The lowest BCUT2D eigenvalue weighted by Gasteiger charge is -2.08. The van der Waals surface area contributed by atoms with E-state index in [1.54, 1.807) is 18.2 Å². The lowest BCUT2D eigenvalue weighted by atomic mass is 10.2. The van der Waals surface area contributed by atoms with Crippen molar-refractivity contribution in [2.75, 3.05) is 16.5 Å². The van der Waals surface area contributed by atoms with Crippen molar-refractivity contribution >= 4 is 46.4 Å². The average Bonchev–Trinajstić information content (AvgIpc) is 2.29. The highest BCUT2D eigenvalue weighted by molar-refractivity contribution is 6.34. The lowest BCUT2D eigenvalue weighted by Crippen LogP contribution is -2.12. The molecular weight excluding hydrogens is 275 g/mol. The minimum atomic E-state index is -0.198. The van der Waals surface area contributed by atoms with E-state index < -0.39 is 0 Å². The number of rotatable bonds is 5. The third-order valence-electron chi connectivity index (χ3n) is 2.10. The molecule has 0 saturated carbocycles. The van der Waals surface area contributed by atoms with Crippen LogP contribution < -0.4 is 10.6 Å². The highest BCUT2D eigenvalue weighted by Crippen LogP contribution is 2.25. The Bertz CT molecular complexity index is 450. The highest BCUT2D eigenvalue weighted by atomic mass is 35.5. The zero-order valence-corrected chi connectivity index (χ0v) is 11.4. The van der Waals surface area contributed by atoms with Crippen LogP contribution in [0.15, 0.2) is 18.2 Å². The molecule has 1 aromatic rings. The van der Waals surface area contributed by atoms with Gasteiger partial charge in [0.25, 0.3) is 0 Å². The molecule has 1 aromatic carbocycles. The zero-order valence-electron chi connectivity index (χ0n) is 9.93. The third-order valence-corrected chi connectivity index (χ3v) is 2.68. The summed E-state index contributed by atoms with van der Waals surface area (Å²) in [6, 6.07) is 4.90. The summed E-state index contributed by atoms with van der Waals surface area (Å²) in [6.07, 6.45) is 1.000. The van der Waals surface area contributed by atoms with Gasteiger partial charge in [0.2, 0.25) is 11.8 Å². The summed E-state index contributed by atoms with van der Waals surface area (Å²) in [6.45, 7) is 1.40. The largest absolute Gasteiger partial charge is 0.326 e. The van der Waals surface area contributed by atoms with Crippen LogP contribution in [0.25, 0.3) is 0 Å². The van der Waals surface area contributed by atoms with E-state index in [2.05, 4.69) is 10.6 Å². The van der Waals surface area contributed by atoms with Gasteiger partial charge >= 0.3 is 0 Å². The maximum absolute atomic E-state index is 11.5. The fourth-order valence-corrected chi connectivity index (χ4v) is 1.70. The Labute approximate surface area is 116 Å². The van der Waals surface area contributed by atoms with Gasteiger partial charge < -0.3 is 10.6 Å². The fraction of sp³-hybridized carbons (Fsp3) is 0.333. The molecule has 0 radical (unpaired) electrons. The number of carbonyl (C=O) groups excluding carboxylic acids is 2. The number of benzene rings is 1. The quantitative estimate of drug-likeness (QED) is 0.817. The van der Waals surface area contributed by atoms with Gasteiger partial charge in [-0.25, -0.2) is 0 Å². The van der Waals surface area contributed by atoms with Gasteiger partial charge in [-0.2, -0.15) is 0 Å². The highest BCUT2D eigenvalue weighted by Gasteiger charge is 2.06. The van der Waals surface area contributed by atoms with Crippen LogP contribution in [0.1, 0.15) is 19.8 Å². The Kier molecular flexibility index (Phi) is 5.95. The van der Waals surface area contributed by atoms with E-state index in [4.69, 9.17) is 23.2 Å². The van der Waals surface area contributed by atoms with Crippen molar-refractivity contribution < 1.29 is 9.59 Å². The van der Waals surface area contributed by atoms with Crippen LogP contribution in [0.3, 0.4) is 0 Å². The number of nitrogens with one attached hydrogen (secondary N) is 2. The molecule has 1 rings (SSSR count). The van der Waals surface area contributed by atoms with Gasteiger partial charge in [0.15, 0.2) is 0 Å². The van der Waals surface area contributed by atoms with Crippen molar-refractivity contribution in [3.05, 3.63) is 23.2 Å². The van der Waals surface area contributed by atoms with Crippen LogP contribution in [0.2, 0.25) is 5.02 Å².